The molecule has 0 bridgehead atoms. The number of amides is 1. The van der Waals surface area contributed by atoms with Crippen molar-refractivity contribution in [2.75, 3.05) is 25.5 Å². The van der Waals surface area contributed by atoms with E-state index in [-0.39, 0.29) is 29.8 Å². The van der Waals surface area contributed by atoms with Gasteiger partial charge >= 0.3 is 5.97 Å². The highest BCUT2D eigenvalue weighted by Crippen LogP contribution is 2.22. The molecule has 1 aliphatic rings. The number of aromatic carboxylic acids is 1. The second kappa shape index (κ2) is 7.88. The summed E-state index contributed by atoms with van der Waals surface area (Å²) >= 11 is 0. The number of carbonyl (C=O) groups excluding carboxylic acids is 1. The van der Waals surface area contributed by atoms with Gasteiger partial charge in [0.1, 0.15) is 5.83 Å². The monoisotopic (exact) mass is 332 g/mol. The Labute approximate surface area is 140 Å². The van der Waals surface area contributed by atoms with E-state index in [2.05, 4.69) is 5.32 Å². The minimum Gasteiger partial charge on any atom is -0.478 e. The van der Waals surface area contributed by atoms with Gasteiger partial charge in [0.05, 0.1) is 12.1 Å². The zero-order chi connectivity index (χ0) is 17.7. The first-order chi connectivity index (χ1) is 11.4. The fourth-order valence-corrected chi connectivity index (χ4v) is 2.58. The average molecular weight is 332 g/mol. The summed E-state index contributed by atoms with van der Waals surface area (Å²) in [6, 6.07) is 4.58. The van der Waals surface area contributed by atoms with Gasteiger partial charge in [0.15, 0.2) is 0 Å². The largest absolute Gasteiger partial charge is 0.478 e. The Balaban J connectivity index is 1.93. The number of likely N-dealkylation sites (N-methyl/N-ethyl adjacent to an activating group) is 1. The molecule has 0 saturated heterocycles. The lowest BCUT2D eigenvalue weighted by Crippen LogP contribution is -2.34. The van der Waals surface area contributed by atoms with E-state index < -0.39 is 5.97 Å². The van der Waals surface area contributed by atoms with Crippen molar-refractivity contribution in [3.8, 4) is 0 Å². The molecule has 2 N–H and O–H groups in total. The number of allylic oxidation sites excluding steroid dienone is 3. The van der Waals surface area contributed by atoms with Crippen molar-refractivity contribution in [2.24, 2.45) is 5.92 Å². The standard InChI is InChI=1S/C18H21FN2O3/c1-12-7-8-13(18(23)24)9-16(12)20-17(22)11-21(2)10-14-5-3-4-6-15(14)19/h3-4,6-9,14H,5,10-11H2,1-2H3,(H,20,22)(H,23,24). The first-order valence-corrected chi connectivity index (χ1v) is 7.71. The lowest BCUT2D eigenvalue weighted by atomic mass is 9.99. The molecule has 0 radical (unpaired) electrons. The van der Waals surface area contributed by atoms with Crippen LogP contribution in [-0.4, -0.2) is 42.0 Å². The topological polar surface area (TPSA) is 69.6 Å². The third-order valence-corrected chi connectivity index (χ3v) is 3.91. The van der Waals surface area contributed by atoms with Crippen molar-refractivity contribution in [3.63, 3.8) is 0 Å². The molecule has 2 rings (SSSR count). The molecular formula is C18H21FN2O3. The first kappa shape index (κ1) is 17.9. The van der Waals surface area contributed by atoms with Crippen LogP contribution < -0.4 is 5.32 Å². The molecule has 6 heteroatoms. The number of aryl methyl sites for hydroxylation is 1. The summed E-state index contributed by atoms with van der Waals surface area (Å²) < 4.78 is 13.7. The minimum absolute atomic E-state index is 0.101. The van der Waals surface area contributed by atoms with Gasteiger partial charge < -0.3 is 10.4 Å². The molecule has 0 spiro atoms. The summed E-state index contributed by atoms with van der Waals surface area (Å²) in [6.45, 7) is 2.33. The Morgan fingerprint density at radius 1 is 1.42 bits per heavy atom. The molecule has 1 aromatic carbocycles. The van der Waals surface area contributed by atoms with Crippen LogP contribution in [0.25, 0.3) is 0 Å². The number of carbonyl (C=O) groups is 2. The third kappa shape index (κ3) is 4.76. The van der Waals surface area contributed by atoms with Gasteiger partial charge in [-0.2, -0.15) is 0 Å². The summed E-state index contributed by atoms with van der Waals surface area (Å²) in [5.41, 5.74) is 1.37. The Morgan fingerprint density at radius 2 is 2.17 bits per heavy atom. The summed E-state index contributed by atoms with van der Waals surface area (Å²) in [7, 11) is 1.76. The van der Waals surface area contributed by atoms with Gasteiger partial charge in [0, 0.05) is 18.2 Å². The number of hydrogen-bond acceptors (Lipinski definition) is 3. The number of nitrogens with one attached hydrogen (secondary N) is 1. The molecule has 0 heterocycles. The number of nitrogens with zero attached hydrogens (tertiary/aromatic N) is 1. The molecule has 0 aromatic heterocycles. The van der Waals surface area contributed by atoms with E-state index in [1.165, 1.54) is 18.2 Å². The van der Waals surface area contributed by atoms with E-state index in [1.807, 2.05) is 6.08 Å². The van der Waals surface area contributed by atoms with Gasteiger partial charge in [0.2, 0.25) is 5.91 Å². The summed E-state index contributed by atoms with van der Waals surface area (Å²) in [5, 5.41) is 11.7. The zero-order valence-corrected chi connectivity index (χ0v) is 13.8. The Bertz CT molecular complexity index is 698. The number of hydrogen-bond donors (Lipinski definition) is 2. The Morgan fingerprint density at radius 3 is 2.83 bits per heavy atom. The van der Waals surface area contributed by atoms with Gasteiger partial charge in [-0.1, -0.05) is 18.2 Å². The maximum atomic E-state index is 13.7. The van der Waals surface area contributed by atoms with Crippen LogP contribution in [0.4, 0.5) is 10.1 Å². The fourth-order valence-electron chi connectivity index (χ4n) is 2.58. The highest BCUT2D eigenvalue weighted by Gasteiger charge is 2.19. The first-order valence-electron chi connectivity index (χ1n) is 7.71. The number of anilines is 1. The zero-order valence-electron chi connectivity index (χ0n) is 13.8. The predicted octanol–water partition coefficient (Wildman–Crippen LogP) is 2.99. The number of carboxylic acid groups (broad SMARTS) is 1. The molecule has 0 saturated carbocycles. The highest BCUT2D eigenvalue weighted by molar-refractivity contribution is 5.95. The van der Waals surface area contributed by atoms with Gasteiger partial charge in [-0.25, -0.2) is 9.18 Å². The summed E-state index contributed by atoms with van der Waals surface area (Å²) in [5.74, 6) is -1.71. The van der Waals surface area contributed by atoms with Gasteiger partial charge in [-0.05, 0) is 44.2 Å². The molecule has 1 atom stereocenters. The summed E-state index contributed by atoms with van der Waals surface area (Å²) in [6.07, 6.45) is 5.66. The van der Waals surface area contributed by atoms with Crippen LogP contribution in [0.1, 0.15) is 22.3 Å². The predicted molar refractivity (Wildman–Crippen MR) is 90.7 cm³/mol. The maximum absolute atomic E-state index is 13.7. The van der Waals surface area contributed by atoms with E-state index in [4.69, 9.17) is 5.11 Å². The van der Waals surface area contributed by atoms with Crippen LogP contribution in [0.15, 0.2) is 42.3 Å². The fraction of sp³-hybridized carbons (Fsp3) is 0.333. The van der Waals surface area contributed by atoms with Crippen molar-refractivity contribution in [3.05, 3.63) is 53.4 Å². The van der Waals surface area contributed by atoms with E-state index in [0.29, 0.717) is 18.7 Å². The van der Waals surface area contributed by atoms with Crippen LogP contribution in [0.2, 0.25) is 0 Å². The SMILES string of the molecule is Cc1ccc(C(=O)O)cc1NC(=O)CN(C)CC1CC=CC=C1F. The van der Waals surface area contributed by atoms with E-state index in [0.717, 1.165) is 5.56 Å². The van der Waals surface area contributed by atoms with Crippen molar-refractivity contribution in [2.45, 2.75) is 13.3 Å². The molecular weight excluding hydrogens is 311 g/mol. The second-order valence-corrected chi connectivity index (χ2v) is 5.99. The molecule has 24 heavy (non-hydrogen) atoms. The van der Waals surface area contributed by atoms with E-state index >= 15 is 0 Å². The molecule has 1 aliphatic carbocycles. The maximum Gasteiger partial charge on any atom is 0.335 e. The van der Waals surface area contributed by atoms with Gasteiger partial charge in [-0.15, -0.1) is 0 Å². The van der Waals surface area contributed by atoms with Crippen molar-refractivity contribution in [1.29, 1.82) is 0 Å². The number of benzene rings is 1. The smallest absolute Gasteiger partial charge is 0.335 e. The Kier molecular flexibility index (Phi) is 5.87. The summed E-state index contributed by atoms with van der Waals surface area (Å²) in [4.78, 5) is 24.9. The minimum atomic E-state index is -1.05. The molecule has 128 valence electrons. The van der Waals surface area contributed by atoms with Crippen LogP contribution in [-0.2, 0) is 4.79 Å². The van der Waals surface area contributed by atoms with Crippen LogP contribution >= 0.6 is 0 Å². The lowest BCUT2D eigenvalue weighted by Gasteiger charge is -2.23. The molecule has 1 aromatic rings. The molecule has 5 nitrogen and oxygen atoms in total. The molecule has 1 amide bonds. The third-order valence-electron chi connectivity index (χ3n) is 3.91. The van der Waals surface area contributed by atoms with Crippen LogP contribution in [0.3, 0.4) is 0 Å². The number of halogens is 1. The molecule has 0 aliphatic heterocycles. The van der Waals surface area contributed by atoms with E-state index in [1.54, 1.807) is 31.0 Å². The van der Waals surface area contributed by atoms with Gasteiger partial charge in [0.25, 0.3) is 0 Å². The average Bonchev–Trinajstić information content (AvgIpc) is 2.51. The molecule has 0 fully saturated rings. The number of rotatable bonds is 6. The normalized spacial score (nSPS) is 16.8. The quantitative estimate of drug-likeness (QED) is 0.840. The van der Waals surface area contributed by atoms with Crippen molar-refractivity contribution in [1.82, 2.24) is 4.90 Å². The van der Waals surface area contributed by atoms with Crippen molar-refractivity contribution >= 4 is 17.6 Å². The Hall–Kier alpha value is -2.47. The second-order valence-electron chi connectivity index (χ2n) is 5.99. The molecule has 1 unspecified atom stereocenters. The van der Waals surface area contributed by atoms with Gasteiger partial charge in [-0.3, -0.25) is 9.69 Å². The van der Waals surface area contributed by atoms with Crippen LogP contribution in [0.5, 0.6) is 0 Å². The number of carboxylic acids is 1. The van der Waals surface area contributed by atoms with Crippen LogP contribution in [0, 0.1) is 12.8 Å². The van der Waals surface area contributed by atoms with E-state index in [9.17, 15) is 14.0 Å². The lowest BCUT2D eigenvalue weighted by molar-refractivity contribution is -0.117. The highest BCUT2D eigenvalue weighted by atomic mass is 19.1. The van der Waals surface area contributed by atoms with Crippen molar-refractivity contribution < 1.29 is 19.1 Å².